The molecule has 0 aliphatic rings. The van der Waals surface area contributed by atoms with Crippen LogP contribution in [0.1, 0.15) is 71.9 Å². The molecule has 0 aliphatic heterocycles. The SMILES string of the molecule is CC(C)CCCCCCc1cn(CCC(C)C)nn1. The van der Waals surface area contributed by atoms with Crippen LogP contribution in [0.4, 0.5) is 0 Å². The zero-order valence-electron chi connectivity index (χ0n) is 13.2. The first-order valence-corrected chi connectivity index (χ1v) is 7.97. The molecule has 0 bridgehead atoms. The van der Waals surface area contributed by atoms with Crippen LogP contribution in [-0.2, 0) is 13.0 Å². The number of nitrogens with zero attached hydrogens (tertiary/aromatic N) is 3. The van der Waals surface area contributed by atoms with Crippen LogP contribution in [-0.4, -0.2) is 15.0 Å². The van der Waals surface area contributed by atoms with Gasteiger partial charge >= 0.3 is 0 Å². The van der Waals surface area contributed by atoms with Gasteiger partial charge in [0.25, 0.3) is 0 Å². The molecule has 3 heteroatoms. The second-order valence-electron chi connectivity index (χ2n) is 6.50. The van der Waals surface area contributed by atoms with Gasteiger partial charge in [0.15, 0.2) is 0 Å². The number of unbranched alkanes of at least 4 members (excludes halogenated alkanes) is 3. The van der Waals surface area contributed by atoms with E-state index in [1.165, 1.54) is 38.5 Å². The fraction of sp³-hybridized carbons (Fsp3) is 0.875. The van der Waals surface area contributed by atoms with E-state index < -0.39 is 0 Å². The number of rotatable bonds is 10. The first kappa shape index (κ1) is 16.2. The normalized spacial score (nSPS) is 11.7. The van der Waals surface area contributed by atoms with Crippen LogP contribution in [0.15, 0.2) is 6.20 Å². The van der Waals surface area contributed by atoms with E-state index in [-0.39, 0.29) is 0 Å². The van der Waals surface area contributed by atoms with Gasteiger partial charge in [-0.1, -0.05) is 58.6 Å². The van der Waals surface area contributed by atoms with E-state index in [1.807, 2.05) is 4.68 Å². The van der Waals surface area contributed by atoms with Gasteiger partial charge in [0.2, 0.25) is 0 Å². The second-order valence-corrected chi connectivity index (χ2v) is 6.50. The highest BCUT2D eigenvalue weighted by molar-refractivity contribution is 4.92. The molecule has 0 saturated carbocycles. The molecule has 0 amide bonds. The number of aryl methyl sites for hydroxylation is 2. The minimum absolute atomic E-state index is 0.730. The van der Waals surface area contributed by atoms with Gasteiger partial charge in [-0.15, -0.1) is 5.10 Å². The van der Waals surface area contributed by atoms with Gasteiger partial charge in [-0.25, -0.2) is 0 Å². The minimum atomic E-state index is 0.730. The molecule has 0 aliphatic carbocycles. The van der Waals surface area contributed by atoms with Crippen molar-refractivity contribution in [1.82, 2.24) is 15.0 Å². The summed E-state index contributed by atoms with van der Waals surface area (Å²) in [6.07, 6.45) is 11.1. The molecular weight excluding hydrogens is 234 g/mol. The molecule has 0 atom stereocenters. The maximum absolute atomic E-state index is 4.25. The van der Waals surface area contributed by atoms with E-state index in [2.05, 4.69) is 44.2 Å². The van der Waals surface area contributed by atoms with E-state index in [9.17, 15) is 0 Å². The van der Waals surface area contributed by atoms with Crippen molar-refractivity contribution in [3.63, 3.8) is 0 Å². The van der Waals surface area contributed by atoms with Crippen LogP contribution < -0.4 is 0 Å². The number of hydrogen-bond donors (Lipinski definition) is 0. The van der Waals surface area contributed by atoms with Gasteiger partial charge < -0.3 is 0 Å². The summed E-state index contributed by atoms with van der Waals surface area (Å²) in [4.78, 5) is 0. The first-order chi connectivity index (χ1) is 9.08. The van der Waals surface area contributed by atoms with E-state index in [1.54, 1.807) is 0 Å². The monoisotopic (exact) mass is 265 g/mol. The zero-order valence-corrected chi connectivity index (χ0v) is 13.2. The Balaban J connectivity index is 2.09. The Morgan fingerprint density at radius 1 is 0.947 bits per heavy atom. The standard InChI is InChI=1S/C16H31N3/c1-14(2)9-7-5-6-8-10-16-13-19(18-17-16)12-11-15(3)4/h13-15H,5-12H2,1-4H3. The fourth-order valence-electron chi connectivity index (χ4n) is 2.17. The smallest absolute Gasteiger partial charge is 0.0827 e. The van der Waals surface area contributed by atoms with Crippen LogP contribution in [0, 0.1) is 11.8 Å². The lowest BCUT2D eigenvalue weighted by Crippen LogP contribution is -2.01. The highest BCUT2D eigenvalue weighted by atomic mass is 15.4. The quantitative estimate of drug-likeness (QED) is 0.584. The van der Waals surface area contributed by atoms with Crippen molar-refractivity contribution in [3.8, 4) is 0 Å². The van der Waals surface area contributed by atoms with E-state index in [0.29, 0.717) is 0 Å². The van der Waals surface area contributed by atoms with Crippen LogP contribution in [0.5, 0.6) is 0 Å². The molecule has 110 valence electrons. The zero-order chi connectivity index (χ0) is 14.1. The molecule has 3 nitrogen and oxygen atoms in total. The van der Waals surface area contributed by atoms with Crippen LogP contribution in [0.2, 0.25) is 0 Å². The highest BCUT2D eigenvalue weighted by Crippen LogP contribution is 2.11. The van der Waals surface area contributed by atoms with Gasteiger partial charge in [-0.05, 0) is 31.1 Å². The fourth-order valence-corrected chi connectivity index (χ4v) is 2.17. The molecule has 0 spiro atoms. The molecule has 19 heavy (non-hydrogen) atoms. The molecule has 0 radical (unpaired) electrons. The van der Waals surface area contributed by atoms with Crippen molar-refractivity contribution in [3.05, 3.63) is 11.9 Å². The van der Waals surface area contributed by atoms with E-state index in [4.69, 9.17) is 0 Å². The summed E-state index contributed by atoms with van der Waals surface area (Å²) in [6, 6.07) is 0. The third kappa shape index (κ3) is 8.02. The van der Waals surface area contributed by atoms with Gasteiger partial charge in [0, 0.05) is 12.7 Å². The molecule has 1 rings (SSSR count). The van der Waals surface area contributed by atoms with Crippen LogP contribution in [0.3, 0.4) is 0 Å². The molecule has 0 aromatic carbocycles. The lowest BCUT2D eigenvalue weighted by molar-refractivity contribution is 0.478. The minimum Gasteiger partial charge on any atom is -0.252 e. The summed E-state index contributed by atoms with van der Waals surface area (Å²) in [5, 5.41) is 8.45. The number of aromatic nitrogens is 3. The Bertz CT molecular complexity index is 328. The Morgan fingerprint density at radius 3 is 2.32 bits per heavy atom. The van der Waals surface area contributed by atoms with Gasteiger partial charge in [-0.3, -0.25) is 4.68 Å². The topological polar surface area (TPSA) is 30.7 Å². The van der Waals surface area contributed by atoms with Crippen molar-refractivity contribution >= 4 is 0 Å². The summed E-state index contributed by atoms with van der Waals surface area (Å²) in [6.45, 7) is 10.1. The Labute approximate surface area is 118 Å². The van der Waals surface area contributed by atoms with Crippen molar-refractivity contribution < 1.29 is 0 Å². The molecule has 1 heterocycles. The largest absolute Gasteiger partial charge is 0.252 e. The van der Waals surface area contributed by atoms with Gasteiger partial charge in [0.1, 0.15) is 0 Å². The maximum Gasteiger partial charge on any atom is 0.0827 e. The maximum atomic E-state index is 4.25. The molecule has 1 aromatic rings. The van der Waals surface area contributed by atoms with E-state index in [0.717, 1.165) is 30.5 Å². The Morgan fingerprint density at radius 2 is 1.63 bits per heavy atom. The third-order valence-corrected chi connectivity index (χ3v) is 3.49. The predicted molar refractivity (Wildman–Crippen MR) is 81.1 cm³/mol. The summed E-state index contributed by atoms with van der Waals surface area (Å²) in [7, 11) is 0. The molecular formula is C16H31N3. The third-order valence-electron chi connectivity index (χ3n) is 3.49. The van der Waals surface area contributed by atoms with Crippen molar-refractivity contribution in [1.29, 1.82) is 0 Å². The van der Waals surface area contributed by atoms with E-state index >= 15 is 0 Å². The molecule has 0 saturated heterocycles. The molecule has 0 unspecified atom stereocenters. The average molecular weight is 265 g/mol. The summed E-state index contributed by atoms with van der Waals surface area (Å²) in [5.74, 6) is 1.58. The summed E-state index contributed by atoms with van der Waals surface area (Å²) >= 11 is 0. The summed E-state index contributed by atoms with van der Waals surface area (Å²) < 4.78 is 1.99. The first-order valence-electron chi connectivity index (χ1n) is 7.97. The van der Waals surface area contributed by atoms with Gasteiger partial charge in [0.05, 0.1) is 5.69 Å². The van der Waals surface area contributed by atoms with Crippen molar-refractivity contribution in [2.75, 3.05) is 0 Å². The highest BCUT2D eigenvalue weighted by Gasteiger charge is 2.02. The number of hydrogen-bond acceptors (Lipinski definition) is 2. The molecule has 1 aromatic heterocycles. The average Bonchev–Trinajstić information content (AvgIpc) is 2.78. The predicted octanol–water partition coefficient (Wildman–Crippen LogP) is 4.47. The van der Waals surface area contributed by atoms with Crippen molar-refractivity contribution in [2.24, 2.45) is 11.8 Å². The lowest BCUT2D eigenvalue weighted by Gasteiger charge is -2.03. The second kappa shape index (κ2) is 9.11. The lowest BCUT2D eigenvalue weighted by atomic mass is 10.0. The van der Waals surface area contributed by atoms with Gasteiger partial charge in [-0.2, -0.15) is 0 Å². The van der Waals surface area contributed by atoms with Crippen LogP contribution >= 0.6 is 0 Å². The van der Waals surface area contributed by atoms with Crippen LogP contribution in [0.25, 0.3) is 0 Å². The van der Waals surface area contributed by atoms with Crippen molar-refractivity contribution in [2.45, 2.75) is 79.2 Å². The summed E-state index contributed by atoms with van der Waals surface area (Å²) in [5.41, 5.74) is 1.16. The molecule has 0 fully saturated rings. The Hall–Kier alpha value is -0.860. The Kier molecular flexibility index (Phi) is 7.76. The molecule has 0 N–H and O–H groups in total.